The molecule has 0 unspecified atom stereocenters. The van der Waals surface area contributed by atoms with Gasteiger partial charge >= 0.3 is 0 Å². The number of anilines is 3. The molecule has 0 atom stereocenters. The van der Waals surface area contributed by atoms with Gasteiger partial charge in [-0.3, -0.25) is 0 Å². The van der Waals surface area contributed by atoms with Gasteiger partial charge in [0.15, 0.2) is 0 Å². The molecule has 2 aromatic carbocycles. The highest BCUT2D eigenvalue weighted by Gasteiger charge is 2.12. The molecule has 0 heterocycles. The smallest absolute Gasteiger partial charge is 0.0992 e. The van der Waals surface area contributed by atoms with E-state index in [-0.39, 0.29) is 0 Å². The van der Waals surface area contributed by atoms with E-state index >= 15 is 0 Å². The van der Waals surface area contributed by atoms with Gasteiger partial charge in [-0.1, -0.05) is 31.5 Å². The molecule has 0 radical (unpaired) electrons. The van der Waals surface area contributed by atoms with E-state index in [1.165, 1.54) is 0 Å². The minimum Gasteiger partial charge on any atom is -0.397 e. The molecule has 0 saturated heterocycles. The molecule has 102 valence electrons. The predicted molar refractivity (Wildman–Crippen MR) is 83.9 cm³/mol. The molecule has 2 aromatic rings. The molecule has 0 aliphatic rings. The summed E-state index contributed by atoms with van der Waals surface area (Å²) in [6.45, 7) is 3.09. The van der Waals surface area contributed by atoms with Gasteiger partial charge in [-0.2, -0.15) is 5.26 Å². The first-order valence-electron chi connectivity index (χ1n) is 6.88. The van der Waals surface area contributed by atoms with Gasteiger partial charge in [0.2, 0.25) is 0 Å². The Morgan fingerprint density at radius 3 is 2.50 bits per heavy atom. The first-order valence-corrected chi connectivity index (χ1v) is 6.88. The third-order valence-electron chi connectivity index (χ3n) is 3.25. The molecule has 0 aliphatic heterocycles. The quantitative estimate of drug-likeness (QED) is 0.829. The molecule has 0 fully saturated rings. The number of nitrogens with zero attached hydrogens (tertiary/aromatic N) is 2. The number of nitrogens with two attached hydrogens (primary N) is 1. The Balaban J connectivity index is 2.39. The van der Waals surface area contributed by atoms with Gasteiger partial charge in [0.1, 0.15) is 0 Å². The van der Waals surface area contributed by atoms with E-state index < -0.39 is 0 Å². The second-order valence-electron chi connectivity index (χ2n) is 4.73. The molecule has 0 spiro atoms. The molecule has 3 heteroatoms. The fourth-order valence-corrected chi connectivity index (χ4v) is 2.18. The van der Waals surface area contributed by atoms with Crippen molar-refractivity contribution in [3.05, 3.63) is 54.1 Å². The van der Waals surface area contributed by atoms with Crippen LogP contribution in [-0.2, 0) is 0 Å². The van der Waals surface area contributed by atoms with Crippen LogP contribution in [0.2, 0.25) is 0 Å². The molecule has 0 bridgehead atoms. The number of nitrogen functional groups attached to an aromatic ring is 1. The van der Waals surface area contributed by atoms with Gasteiger partial charge in [0.05, 0.1) is 23.0 Å². The van der Waals surface area contributed by atoms with E-state index in [1.54, 1.807) is 6.07 Å². The fourth-order valence-electron chi connectivity index (χ4n) is 2.18. The summed E-state index contributed by atoms with van der Waals surface area (Å²) in [7, 11) is 0. The maximum absolute atomic E-state index is 8.93. The highest BCUT2D eigenvalue weighted by Crippen LogP contribution is 2.31. The van der Waals surface area contributed by atoms with Gasteiger partial charge in [0, 0.05) is 12.2 Å². The van der Waals surface area contributed by atoms with Gasteiger partial charge in [-0.15, -0.1) is 0 Å². The number of benzene rings is 2. The van der Waals surface area contributed by atoms with Crippen molar-refractivity contribution in [1.29, 1.82) is 5.26 Å². The average Bonchev–Trinajstić information content (AvgIpc) is 2.50. The first kappa shape index (κ1) is 14.0. The number of nitriles is 1. The van der Waals surface area contributed by atoms with Crippen LogP contribution in [0.5, 0.6) is 0 Å². The first-order chi connectivity index (χ1) is 9.76. The van der Waals surface area contributed by atoms with E-state index in [1.807, 2.05) is 30.3 Å². The number of hydrogen-bond donors (Lipinski definition) is 1. The molecule has 3 nitrogen and oxygen atoms in total. The van der Waals surface area contributed by atoms with Crippen molar-refractivity contribution in [3.8, 4) is 6.07 Å². The third-order valence-corrected chi connectivity index (χ3v) is 3.25. The van der Waals surface area contributed by atoms with Crippen molar-refractivity contribution < 1.29 is 0 Å². The Hall–Kier alpha value is -2.47. The Bertz CT molecular complexity index is 599. The standard InChI is InChI=1S/C17H19N3/c1-2-3-11-20(15-7-5-4-6-8-15)17-10-9-14(13-18)12-16(17)19/h4-10,12H,2-3,11,19H2,1H3. The number of hydrogen-bond acceptors (Lipinski definition) is 3. The van der Waals surface area contributed by atoms with E-state index in [4.69, 9.17) is 11.0 Å². The van der Waals surface area contributed by atoms with E-state index in [9.17, 15) is 0 Å². The molecule has 20 heavy (non-hydrogen) atoms. The van der Waals surface area contributed by atoms with Crippen LogP contribution in [0.3, 0.4) is 0 Å². The lowest BCUT2D eigenvalue weighted by atomic mass is 10.1. The van der Waals surface area contributed by atoms with E-state index in [2.05, 4.69) is 30.0 Å². The van der Waals surface area contributed by atoms with Crippen molar-refractivity contribution >= 4 is 17.1 Å². The summed E-state index contributed by atoms with van der Waals surface area (Å²) in [5.74, 6) is 0. The van der Waals surface area contributed by atoms with Crippen LogP contribution in [0.1, 0.15) is 25.3 Å². The lowest BCUT2D eigenvalue weighted by molar-refractivity contribution is 0.786. The van der Waals surface area contributed by atoms with Crippen LogP contribution >= 0.6 is 0 Å². The maximum Gasteiger partial charge on any atom is 0.0992 e. The van der Waals surface area contributed by atoms with Crippen LogP contribution in [0, 0.1) is 11.3 Å². The summed E-state index contributed by atoms with van der Waals surface area (Å²) in [5, 5.41) is 8.93. The molecular formula is C17H19N3. The van der Waals surface area contributed by atoms with Crippen molar-refractivity contribution in [2.75, 3.05) is 17.2 Å². The molecular weight excluding hydrogens is 246 g/mol. The third kappa shape index (κ3) is 3.10. The van der Waals surface area contributed by atoms with Crippen LogP contribution in [0.25, 0.3) is 0 Å². The number of unbranched alkanes of at least 4 members (excludes halogenated alkanes) is 1. The zero-order valence-corrected chi connectivity index (χ0v) is 11.7. The van der Waals surface area contributed by atoms with Crippen LogP contribution in [0.4, 0.5) is 17.1 Å². The Kier molecular flexibility index (Phi) is 4.62. The minimum absolute atomic E-state index is 0.592. The summed E-state index contributed by atoms with van der Waals surface area (Å²) < 4.78 is 0. The van der Waals surface area contributed by atoms with Crippen molar-refractivity contribution in [3.63, 3.8) is 0 Å². The highest BCUT2D eigenvalue weighted by atomic mass is 15.1. The van der Waals surface area contributed by atoms with Gasteiger partial charge in [-0.25, -0.2) is 0 Å². The van der Waals surface area contributed by atoms with Crippen LogP contribution < -0.4 is 10.6 Å². The van der Waals surface area contributed by atoms with Crippen molar-refractivity contribution in [2.24, 2.45) is 0 Å². The van der Waals surface area contributed by atoms with Crippen molar-refractivity contribution in [1.82, 2.24) is 0 Å². The Labute approximate surface area is 120 Å². The van der Waals surface area contributed by atoms with E-state index in [0.717, 1.165) is 30.8 Å². The van der Waals surface area contributed by atoms with Gasteiger partial charge in [-0.05, 0) is 36.8 Å². The Morgan fingerprint density at radius 1 is 1.15 bits per heavy atom. The van der Waals surface area contributed by atoms with Gasteiger partial charge < -0.3 is 10.6 Å². The van der Waals surface area contributed by atoms with Crippen molar-refractivity contribution in [2.45, 2.75) is 19.8 Å². The molecule has 0 saturated carbocycles. The van der Waals surface area contributed by atoms with Gasteiger partial charge in [0.25, 0.3) is 0 Å². The molecule has 2 rings (SSSR count). The fraction of sp³-hybridized carbons (Fsp3) is 0.235. The lowest BCUT2D eigenvalue weighted by Crippen LogP contribution is -2.19. The number of para-hydroxylation sites is 1. The van der Waals surface area contributed by atoms with Crippen LogP contribution in [-0.4, -0.2) is 6.54 Å². The summed E-state index contributed by atoms with van der Waals surface area (Å²) in [5.41, 5.74) is 9.43. The highest BCUT2D eigenvalue weighted by molar-refractivity contribution is 5.76. The monoisotopic (exact) mass is 265 g/mol. The molecule has 0 aliphatic carbocycles. The zero-order valence-electron chi connectivity index (χ0n) is 11.7. The summed E-state index contributed by atoms with van der Waals surface area (Å²) in [6, 6.07) is 17.8. The van der Waals surface area contributed by atoms with Crippen LogP contribution in [0.15, 0.2) is 48.5 Å². The summed E-state index contributed by atoms with van der Waals surface area (Å²) in [4.78, 5) is 2.21. The Morgan fingerprint density at radius 2 is 1.90 bits per heavy atom. The maximum atomic E-state index is 8.93. The summed E-state index contributed by atoms with van der Waals surface area (Å²) >= 11 is 0. The van der Waals surface area contributed by atoms with E-state index in [0.29, 0.717) is 11.3 Å². The number of rotatable bonds is 5. The molecule has 0 amide bonds. The zero-order chi connectivity index (χ0) is 14.4. The second kappa shape index (κ2) is 6.63. The summed E-state index contributed by atoms with van der Waals surface area (Å²) in [6.07, 6.45) is 2.22. The topological polar surface area (TPSA) is 53.0 Å². The normalized spacial score (nSPS) is 10.0. The predicted octanol–water partition coefficient (Wildman–Crippen LogP) is 4.08. The minimum atomic E-state index is 0.592. The lowest BCUT2D eigenvalue weighted by Gasteiger charge is -2.26. The second-order valence-corrected chi connectivity index (χ2v) is 4.73. The largest absolute Gasteiger partial charge is 0.397 e. The molecule has 2 N–H and O–H groups in total. The SMILES string of the molecule is CCCCN(c1ccccc1)c1ccc(C#N)cc1N. The molecule has 0 aromatic heterocycles. The average molecular weight is 265 g/mol.